The van der Waals surface area contributed by atoms with Crippen LogP contribution in [0.5, 0.6) is 11.5 Å². The van der Waals surface area contributed by atoms with Crippen molar-refractivity contribution in [3.05, 3.63) is 65.9 Å². The third-order valence-electron chi connectivity index (χ3n) is 3.99. The number of hydrogen-bond acceptors (Lipinski definition) is 6. The number of nitrogens with one attached hydrogen (secondary N) is 1. The van der Waals surface area contributed by atoms with Crippen LogP contribution in [-0.2, 0) is 5.66 Å². The normalized spacial score (nSPS) is 19.8. The third kappa shape index (κ3) is 2.57. The van der Waals surface area contributed by atoms with E-state index in [1.807, 2.05) is 48.5 Å². The van der Waals surface area contributed by atoms with Crippen molar-refractivity contribution in [2.45, 2.75) is 5.66 Å². The van der Waals surface area contributed by atoms with Gasteiger partial charge in [-0.1, -0.05) is 36.4 Å². The second kappa shape index (κ2) is 6.25. The number of benzene rings is 2. The zero-order valence-electron chi connectivity index (χ0n) is 13.6. The number of ether oxygens (including phenoxy) is 2. The molecule has 1 heterocycles. The summed E-state index contributed by atoms with van der Waals surface area (Å²) in [6.07, 6.45) is 1.76. The Bertz CT molecular complexity index is 816. The lowest BCUT2D eigenvalue weighted by Crippen LogP contribution is -2.45. The summed E-state index contributed by atoms with van der Waals surface area (Å²) in [5, 5.41) is 2.93. The molecule has 6 nitrogen and oxygen atoms in total. The molecular formula is C18H20N4O2. The van der Waals surface area contributed by atoms with Crippen LogP contribution in [0.25, 0.3) is 5.57 Å². The molecule has 0 aliphatic carbocycles. The first kappa shape index (κ1) is 15.9. The maximum Gasteiger partial charge on any atom is 0.195 e. The molecule has 124 valence electrons. The fourth-order valence-electron chi connectivity index (χ4n) is 2.85. The first-order valence-corrected chi connectivity index (χ1v) is 7.48. The second-order valence-corrected chi connectivity index (χ2v) is 5.37. The van der Waals surface area contributed by atoms with Gasteiger partial charge in [-0.25, -0.2) is 4.99 Å². The van der Waals surface area contributed by atoms with E-state index in [0.717, 1.165) is 11.1 Å². The van der Waals surface area contributed by atoms with Gasteiger partial charge in [0, 0.05) is 22.9 Å². The van der Waals surface area contributed by atoms with Crippen LogP contribution < -0.4 is 26.3 Å². The minimum Gasteiger partial charge on any atom is -0.496 e. The van der Waals surface area contributed by atoms with Gasteiger partial charge in [-0.15, -0.1) is 0 Å². The summed E-state index contributed by atoms with van der Waals surface area (Å²) in [6.45, 7) is 0. The first-order valence-electron chi connectivity index (χ1n) is 7.48. The van der Waals surface area contributed by atoms with Gasteiger partial charge >= 0.3 is 0 Å². The summed E-state index contributed by atoms with van der Waals surface area (Å²) >= 11 is 0. The summed E-state index contributed by atoms with van der Waals surface area (Å²) in [7, 11) is 3.22. The fraction of sp³-hybridized carbons (Fsp3) is 0.167. The Hall–Kier alpha value is -2.99. The number of nitrogens with two attached hydrogens (primary N) is 2. The molecule has 0 bridgehead atoms. The van der Waals surface area contributed by atoms with E-state index < -0.39 is 5.66 Å². The topological polar surface area (TPSA) is 94.9 Å². The van der Waals surface area contributed by atoms with Crippen LogP contribution in [0.15, 0.2) is 59.7 Å². The Balaban J connectivity index is 2.22. The van der Waals surface area contributed by atoms with Crippen molar-refractivity contribution in [3.63, 3.8) is 0 Å². The number of nitrogens with zero attached hydrogens (tertiary/aromatic N) is 1. The molecular weight excluding hydrogens is 304 g/mol. The van der Waals surface area contributed by atoms with Gasteiger partial charge in [-0.3, -0.25) is 5.73 Å². The highest BCUT2D eigenvalue weighted by molar-refractivity contribution is 5.89. The molecule has 0 radical (unpaired) electrons. The predicted octanol–water partition coefficient (Wildman–Crippen LogP) is 1.77. The minimum absolute atomic E-state index is 0.238. The molecule has 2 aromatic carbocycles. The fourth-order valence-corrected chi connectivity index (χ4v) is 2.85. The molecule has 5 N–H and O–H groups in total. The van der Waals surface area contributed by atoms with E-state index in [1.54, 1.807) is 20.4 Å². The highest BCUT2D eigenvalue weighted by atomic mass is 16.5. The minimum atomic E-state index is -1.20. The Kier molecular flexibility index (Phi) is 4.14. The van der Waals surface area contributed by atoms with E-state index in [0.29, 0.717) is 17.1 Å². The molecule has 0 fully saturated rings. The van der Waals surface area contributed by atoms with Gasteiger partial charge in [0.1, 0.15) is 11.5 Å². The lowest BCUT2D eigenvalue weighted by molar-refractivity contribution is 0.397. The van der Waals surface area contributed by atoms with Crippen LogP contribution in [0.1, 0.15) is 11.1 Å². The molecule has 2 aromatic rings. The number of para-hydroxylation sites is 2. The maximum atomic E-state index is 6.74. The van der Waals surface area contributed by atoms with Crippen LogP contribution in [0.3, 0.4) is 0 Å². The Morgan fingerprint density at radius 3 is 2.29 bits per heavy atom. The lowest BCUT2D eigenvalue weighted by atomic mass is 9.86. The van der Waals surface area contributed by atoms with Gasteiger partial charge < -0.3 is 20.5 Å². The van der Waals surface area contributed by atoms with E-state index in [-0.39, 0.29) is 5.96 Å². The zero-order valence-corrected chi connectivity index (χ0v) is 13.6. The molecule has 0 saturated carbocycles. The molecule has 1 aliphatic heterocycles. The van der Waals surface area contributed by atoms with Crippen molar-refractivity contribution in [2.24, 2.45) is 16.5 Å². The van der Waals surface area contributed by atoms with Crippen molar-refractivity contribution in [1.82, 2.24) is 5.32 Å². The van der Waals surface area contributed by atoms with E-state index in [4.69, 9.17) is 20.9 Å². The number of hydrogen-bond donors (Lipinski definition) is 3. The Morgan fingerprint density at radius 2 is 1.58 bits per heavy atom. The van der Waals surface area contributed by atoms with E-state index in [9.17, 15) is 0 Å². The van der Waals surface area contributed by atoms with Crippen LogP contribution >= 0.6 is 0 Å². The van der Waals surface area contributed by atoms with Crippen molar-refractivity contribution in [2.75, 3.05) is 14.2 Å². The van der Waals surface area contributed by atoms with Gasteiger partial charge in [0.25, 0.3) is 0 Å². The summed E-state index contributed by atoms with van der Waals surface area (Å²) in [5.41, 5.74) is 13.7. The molecule has 1 aliphatic rings. The van der Waals surface area contributed by atoms with E-state index >= 15 is 0 Å². The third-order valence-corrected chi connectivity index (χ3v) is 3.99. The second-order valence-electron chi connectivity index (χ2n) is 5.37. The van der Waals surface area contributed by atoms with E-state index in [1.165, 1.54) is 0 Å². The Labute approximate surface area is 140 Å². The summed E-state index contributed by atoms with van der Waals surface area (Å²) < 4.78 is 10.9. The molecule has 0 amide bonds. The van der Waals surface area contributed by atoms with Crippen LogP contribution in [0.4, 0.5) is 0 Å². The van der Waals surface area contributed by atoms with Crippen LogP contribution in [0, 0.1) is 0 Å². The smallest absolute Gasteiger partial charge is 0.195 e. The number of methoxy groups -OCH3 is 2. The van der Waals surface area contributed by atoms with Gasteiger partial charge in [0.2, 0.25) is 0 Å². The van der Waals surface area contributed by atoms with Gasteiger partial charge in [-0.05, 0) is 12.1 Å². The van der Waals surface area contributed by atoms with Gasteiger partial charge in [-0.2, -0.15) is 0 Å². The maximum absolute atomic E-state index is 6.74. The molecule has 0 aromatic heterocycles. The van der Waals surface area contributed by atoms with Gasteiger partial charge in [0.05, 0.1) is 14.2 Å². The van der Waals surface area contributed by atoms with Crippen molar-refractivity contribution in [3.8, 4) is 11.5 Å². The molecule has 3 rings (SSSR count). The Morgan fingerprint density at radius 1 is 0.958 bits per heavy atom. The summed E-state index contributed by atoms with van der Waals surface area (Å²) in [6, 6.07) is 15.1. The highest BCUT2D eigenvalue weighted by Crippen LogP contribution is 2.42. The van der Waals surface area contributed by atoms with Crippen LogP contribution in [0.2, 0.25) is 0 Å². The monoisotopic (exact) mass is 324 g/mol. The van der Waals surface area contributed by atoms with Crippen molar-refractivity contribution < 1.29 is 9.47 Å². The standard InChI is InChI=1S/C18H20N4O2/c1-23-15-9-5-3-7-12(15)14-11-21-17(19)22-18(14,20)13-8-4-6-10-16(13)24-2/h3-11H,20H2,1-2H3,(H3,19,21,22). The van der Waals surface area contributed by atoms with Gasteiger partial charge in [0.15, 0.2) is 11.6 Å². The summed E-state index contributed by atoms with van der Waals surface area (Å²) in [4.78, 5) is 4.48. The highest BCUT2D eigenvalue weighted by Gasteiger charge is 2.38. The molecule has 0 spiro atoms. The first-order chi connectivity index (χ1) is 11.6. The van der Waals surface area contributed by atoms with Crippen LogP contribution in [-0.4, -0.2) is 20.2 Å². The summed E-state index contributed by atoms with van der Waals surface area (Å²) in [5.74, 6) is 1.58. The number of aliphatic imine (C=N–C) groups is 1. The number of rotatable bonds is 4. The quantitative estimate of drug-likeness (QED) is 0.797. The largest absolute Gasteiger partial charge is 0.496 e. The average molecular weight is 324 g/mol. The lowest BCUT2D eigenvalue weighted by Gasteiger charge is -2.33. The predicted molar refractivity (Wildman–Crippen MR) is 94.6 cm³/mol. The van der Waals surface area contributed by atoms with Crippen molar-refractivity contribution in [1.29, 1.82) is 0 Å². The molecule has 6 heteroatoms. The molecule has 24 heavy (non-hydrogen) atoms. The van der Waals surface area contributed by atoms with E-state index in [2.05, 4.69) is 10.3 Å². The zero-order chi connectivity index (χ0) is 17.2. The number of guanidine groups is 1. The SMILES string of the molecule is COc1ccccc1C1=CNC(N)=NC1(N)c1ccccc1OC. The van der Waals surface area contributed by atoms with Crippen molar-refractivity contribution >= 4 is 11.5 Å². The molecule has 0 saturated heterocycles. The average Bonchev–Trinajstić information content (AvgIpc) is 2.61. The molecule has 1 unspecified atom stereocenters. The molecule has 1 atom stereocenters.